The van der Waals surface area contributed by atoms with Crippen molar-refractivity contribution in [2.45, 2.75) is 108 Å². The summed E-state index contributed by atoms with van der Waals surface area (Å²) in [6, 6.07) is 10.3. The first-order valence-corrected chi connectivity index (χ1v) is 14.6. The lowest BCUT2D eigenvalue weighted by atomic mass is 9.77. The monoisotopic (exact) mass is 551 g/mol. The van der Waals surface area contributed by atoms with Crippen LogP contribution in [-0.2, 0) is 16.0 Å². The van der Waals surface area contributed by atoms with Gasteiger partial charge in [-0.1, -0.05) is 36.3 Å². The highest BCUT2D eigenvalue weighted by Gasteiger charge is 2.44. The van der Waals surface area contributed by atoms with Gasteiger partial charge in [0.25, 0.3) is 0 Å². The Morgan fingerprint density at radius 2 is 1.95 bits per heavy atom. The minimum atomic E-state index is -2.83. The second kappa shape index (κ2) is 12.6. The van der Waals surface area contributed by atoms with Gasteiger partial charge in [-0.2, -0.15) is 0 Å². The maximum Gasteiger partial charge on any atom is 0.249 e. The van der Waals surface area contributed by atoms with Gasteiger partial charge in [-0.05, 0) is 51.0 Å². The number of nitrogens with one attached hydrogen (secondary N) is 2. The third kappa shape index (κ3) is 6.77. The zero-order valence-corrected chi connectivity index (χ0v) is 23.1. The Kier molecular flexibility index (Phi) is 8.94. The zero-order valence-electron chi connectivity index (χ0n) is 23.1. The van der Waals surface area contributed by atoms with Gasteiger partial charge in [-0.3, -0.25) is 4.79 Å². The van der Waals surface area contributed by atoms with Crippen LogP contribution in [0.1, 0.15) is 93.5 Å². The van der Waals surface area contributed by atoms with E-state index in [1.54, 1.807) is 0 Å². The van der Waals surface area contributed by atoms with Gasteiger partial charge in [-0.15, -0.1) is 16.1 Å². The summed E-state index contributed by atoms with van der Waals surface area (Å²) >= 11 is 0. The number of unbranched alkanes of at least 4 members (excludes halogenated alkanes) is 1. The summed E-state index contributed by atoms with van der Waals surface area (Å²) in [5.41, 5.74) is 0.812. The maximum atomic E-state index is 14.4. The summed E-state index contributed by atoms with van der Waals surface area (Å²) in [4.78, 5) is 24.5. The number of alkyl halides is 2. The average molecular weight is 552 g/mol. The van der Waals surface area contributed by atoms with Crippen LogP contribution in [0, 0.1) is 30.6 Å². The Hall–Kier alpha value is -3.12. The van der Waals surface area contributed by atoms with Crippen LogP contribution < -0.4 is 10.6 Å². The predicted molar refractivity (Wildman–Crippen MR) is 147 cm³/mol. The summed E-state index contributed by atoms with van der Waals surface area (Å²) in [5.74, 6) is 3.53. The minimum absolute atomic E-state index is 0.0708. The molecule has 2 aliphatic heterocycles. The number of aromatic nitrogens is 3. The number of amides is 1. The van der Waals surface area contributed by atoms with E-state index in [0.29, 0.717) is 24.5 Å². The standard InChI is InChI=1S/C31H39F2N5O2/c1-21-36-37-29(38(21)26-18-24-12-13-25(19-26)34-24)11-7-3-6-10-23-20-31(32,33)16-14-27(23)30(40)35-28(15-17-39)22-8-4-2-5-9-22/h2,4-5,8-9,17,23-28,34H,3,7,11-16,18-20H2,1H3,(H,35,40)/t23?,24?,25?,26?,27?,28-/m0/s1. The molecule has 2 saturated heterocycles. The van der Waals surface area contributed by atoms with E-state index >= 15 is 0 Å². The molecule has 1 saturated carbocycles. The van der Waals surface area contributed by atoms with E-state index in [2.05, 4.69) is 37.2 Å². The lowest BCUT2D eigenvalue weighted by Crippen LogP contribution is -2.42. The Labute approximate surface area is 234 Å². The quantitative estimate of drug-likeness (QED) is 0.264. The third-order valence-electron chi connectivity index (χ3n) is 8.75. The van der Waals surface area contributed by atoms with Gasteiger partial charge in [0.1, 0.15) is 17.9 Å². The summed E-state index contributed by atoms with van der Waals surface area (Å²) in [6.45, 7) is 2.01. The lowest BCUT2D eigenvalue weighted by molar-refractivity contribution is -0.132. The number of aryl methyl sites for hydroxylation is 2. The number of carbonyl (C=O) groups is 2. The molecule has 4 unspecified atom stereocenters. The lowest BCUT2D eigenvalue weighted by Gasteiger charge is -2.33. The number of piperidine rings is 1. The van der Waals surface area contributed by atoms with Crippen molar-refractivity contribution in [1.82, 2.24) is 25.4 Å². The molecule has 2 aromatic rings. The van der Waals surface area contributed by atoms with E-state index in [4.69, 9.17) is 0 Å². The van der Waals surface area contributed by atoms with Crippen LogP contribution in [-0.4, -0.2) is 45.0 Å². The number of hydrogen-bond acceptors (Lipinski definition) is 5. The molecule has 3 heterocycles. The van der Waals surface area contributed by atoms with E-state index in [9.17, 15) is 18.4 Å². The average Bonchev–Trinajstić information content (AvgIpc) is 3.48. The maximum absolute atomic E-state index is 14.4. The van der Waals surface area contributed by atoms with Gasteiger partial charge < -0.3 is 20.0 Å². The predicted octanol–water partition coefficient (Wildman–Crippen LogP) is 4.87. The van der Waals surface area contributed by atoms with Crippen LogP contribution in [0.3, 0.4) is 0 Å². The van der Waals surface area contributed by atoms with Gasteiger partial charge in [0.15, 0.2) is 0 Å². The van der Waals surface area contributed by atoms with Crippen LogP contribution in [0.15, 0.2) is 30.3 Å². The summed E-state index contributed by atoms with van der Waals surface area (Å²) in [6.07, 6.45) is 6.88. The molecule has 40 heavy (non-hydrogen) atoms. The first kappa shape index (κ1) is 28.4. The van der Waals surface area contributed by atoms with Crippen molar-refractivity contribution in [3.8, 4) is 11.8 Å². The van der Waals surface area contributed by atoms with Crippen LogP contribution in [0.25, 0.3) is 0 Å². The van der Waals surface area contributed by atoms with Crippen LogP contribution in [0.4, 0.5) is 8.78 Å². The van der Waals surface area contributed by atoms with Crippen molar-refractivity contribution in [3.63, 3.8) is 0 Å². The van der Waals surface area contributed by atoms with E-state index < -0.39 is 30.2 Å². The SMILES string of the molecule is Cc1nnc(CCCC#CC2CC(F)(F)CCC2C(=O)N[C@@H](CC=O)c2ccccc2)n1C1CC2CCC(C1)N2. The normalized spacial score (nSPS) is 27.8. The fourth-order valence-corrected chi connectivity index (χ4v) is 6.77. The molecule has 1 amide bonds. The fourth-order valence-electron chi connectivity index (χ4n) is 6.77. The molecule has 5 rings (SSSR count). The van der Waals surface area contributed by atoms with Crippen LogP contribution in [0.5, 0.6) is 0 Å². The largest absolute Gasteiger partial charge is 0.349 e. The molecule has 2 bridgehead atoms. The molecule has 0 spiro atoms. The van der Waals surface area contributed by atoms with Crippen molar-refractivity contribution in [1.29, 1.82) is 0 Å². The number of benzene rings is 1. The van der Waals surface area contributed by atoms with Crippen molar-refractivity contribution in [2.75, 3.05) is 0 Å². The molecule has 7 nitrogen and oxygen atoms in total. The van der Waals surface area contributed by atoms with E-state index in [1.165, 1.54) is 12.8 Å². The highest BCUT2D eigenvalue weighted by Crippen LogP contribution is 2.40. The van der Waals surface area contributed by atoms with E-state index in [-0.39, 0.29) is 25.2 Å². The number of hydrogen-bond donors (Lipinski definition) is 2. The third-order valence-corrected chi connectivity index (χ3v) is 8.75. The van der Waals surface area contributed by atoms with E-state index in [0.717, 1.165) is 49.2 Å². The fraction of sp³-hybridized carbons (Fsp3) is 0.613. The van der Waals surface area contributed by atoms with Crippen molar-refractivity contribution >= 4 is 12.2 Å². The number of halogens is 2. The first-order chi connectivity index (χ1) is 19.3. The molecule has 3 aliphatic rings. The highest BCUT2D eigenvalue weighted by atomic mass is 19.3. The second-order valence-electron chi connectivity index (χ2n) is 11.7. The van der Waals surface area contributed by atoms with Crippen LogP contribution >= 0.6 is 0 Å². The molecular formula is C31H39F2N5O2. The van der Waals surface area contributed by atoms with Crippen molar-refractivity contribution in [3.05, 3.63) is 47.5 Å². The topological polar surface area (TPSA) is 88.9 Å². The van der Waals surface area contributed by atoms with Gasteiger partial charge >= 0.3 is 0 Å². The molecule has 1 aromatic heterocycles. The Balaban J connectivity index is 1.20. The Morgan fingerprint density at radius 3 is 2.67 bits per heavy atom. The van der Waals surface area contributed by atoms with Gasteiger partial charge in [-0.25, -0.2) is 8.78 Å². The molecular weight excluding hydrogens is 512 g/mol. The summed E-state index contributed by atoms with van der Waals surface area (Å²) in [7, 11) is 0. The number of rotatable bonds is 9. The number of nitrogens with zero attached hydrogens (tertiary/aromatic N) is 3. The van der Waals surface area contributed by atoms with Crippen LogP contribution in [0.2, 0.25) is 0 Å². The second-order valence-corrected chi connectivity index (χ2v) is 11.7. The molecule has 0 radical (unpaired) electrons. The zero-order chi connectivity index (χ0) is 28.1. The molecule has 1 aliphatic carbocycles. The number of carbonyl (C=O) groups excluding carboxylic acids is 2. The molecule has 214 valence electrons. The summed E-state index contributed by atoms with van der Waals surface area (Å²) < 4.78 is 31.0. The Morgan fingerprint density at radius 1 is 1.20 bits per heavy atom. The van der Waals surface area contributed by atoms with Gasteiger partial charge in [0.2, 0.25) is 11.8 Å². The van der Waals surface area contributed by atoms with Gasteiger partial charge in [0.05, 0.1) is 12.0 Å². The van der Waals surface area contributed by atoms with E-state index in [1.807, 2.05) is 37.3 Å². The highest BCUT2D eigenvalue weighted by molar-refractivity contribution is 5.80. The minimum Gasteiger partial charge on any atom is -0.349 e. The molecule has 2 N–H and O–H groups in total. The molecule has 9 heteroatoms. The molecule has 5 atom stereocenters. The Bertz CT molecular complexity index is 1230. The number of aldehydes is 1. The van der Waals surface area contributed by atoms with Crippen molar-refractivity contribution < 1.29 is 18.4 Å². The first-order valence-electron chi connectivity index (χ1n) is 14.6. The summed E-state index contributed by atoms with van der Waals surface area (Å²) in [5, 5.41) is 15.4. The number of fused-ring (bicyclic) bond motifs is 2. The van der Waals surface area contributed by atoms with Crippen molar-refractivity contribution in [2.24, 2.45) is 11.8 Å². The molecule has 3 fully saturated rings. The molecule has 1 aromatic carbocycles. The smallest absolute Gasteiger partial charge is 0.249 e. The van der Waals surface area contributed by atoms with Gasteiger partial charge in [0, 0.05) is 56.1 Å².